The number of unbranched alkanes of at least 4 members (excludes halogenated alkanes) is 1. The maximum absolute atomic E-state index is 5.91. The van der Waals surface area contributed by atoms with Crippen LogP contribution in [0.5, 0.6) is 0 Å². The van der Waals surface area contributed by atoms with Gasteiger partial charge in [0, 0.05) is 25.2 Å². The largest absolute Gasteiger partial charge is 0.329 e. The summed E-state index contributed by atoms with van der Waals surface area (Å²) in [7, 11) is 4.38. The Hall–Kier alpha value is -0.120. The highest BCUT2D eigenvalue weighted by atomic mass is 15.2. The normalized spacial score (nSPS) is 24.9. The summed E-state index contributed by atoms with van der Waals surface area (Å²) < 4.78 is 0. The number of hydrogen-bond donors (Lipinski definition) is 1. The van der Waals surface area contributed by atoms with Gasteiger partial charge in [0.15, 0.2) is 0 Å². The van der Waals surface area contributed by atoms with Crippen LogP contribution < -0.4 is 5.73 Å². The van der Waals surface area contributed by atoms with E-state index in [2.05, 4.69) is 30.8 Å². The van der Waals surface area contributed by atoms with Crippen molar-refractivity contribution < 1.29 is 0 Å². The van der Waals surface area contributed by atoms with Crippen LogP contribution in [0.25, 0.3) is 0 Å². The predicted octanol–water partition coefficient (Wildman–Crippen LogP) is 1.53. The van der Waals surface area contributed by atoms with Gasteiger partial charge in [0.05, 0.1) is 0 Å². The molecule has 3 nitrogen and oxygen atoms in total. The van der Waals surface area contributed by atoms with Gasteiger partial charge in [-0.05, 0) is 39.9 Å². The van der Waals surface area contributed by atoms with E-state index in [0.717, 1.165) is 12.6 Å². The highest BCUT2D eigenvalue weighted by Gasteiger charge is 2.25. The summed E-state index contributed by atoms with van der Waals surface area (Å²) in [5, 5.41) is 0. The first-order chi connectivity index (χ1) is 7.69. The zero-order valence-corrected chi connectivity index (χ0v) is 11.3. The smallest absolute Gasteiger partial charge is 0.0219 e. The van der Waals surface area contributed by atoms with Crippen LogP contribution in [0.1, 0.15) is 39.0 Å². The van der Waals surface area contributed by atoms with E-state index in [-0.39, 0.29) is 0 Å². The van der Waals surface area contributed by atoms with E-state index >= 15 is 0 Å². The molecule has 0 aromatic heterocycles. The third-order valence-electron chi connectivity index (χ3n) is 3.84. The molecule has 1 fully saturated rings. The lowest BCUT2D eigenvalue weighted by atomic mass is 10.0. The second kappa shape index (κ2) is 7.25. The molecule has 0 bridgehead atoms. The summed E-state index contributed by atoms with van der Waals surface area (Å²) in [5.74, 6) is 0. The van der Waals surface area contributed by atoms with Crippen molar-refractivity contribution in [3.8, 4) is 0 Å². The Morgan fingerprint density at radius 2 is 2.19 bits per heavy atom. The Morgan fingerprint density at radius 1 is 1.44 bits per heavy atom. The average Bonchev–Trinajstić information content (AvgIpc) is 2.30. The Morgan fingerprint density at radius 3 is 2.75 bits per heavy atom. The second-order valence-corrected chi connectivity index (χ2v) is 5.29. The van der Waals surface area contributed by atoms with Gasteiger partial charge in [-0.3, -0.25) is 4.90 Å². The van der Waals surface area contributed by atoms with Crippen molar-refractivity contribution in [1.82, 2.24) is 9.80 Å². The van der Waals surface area contributed by atoms with Crippen molar-refractivity contribution in [2.45, 2.75) is 51.1 Å². The first-order valence-electron chi connectivity index (χ1n) is 6.79. The molecule has 1 aliphatic rings. The molecule has 1 heterocycles. The molecule has 1 rings (SSSR count). The van der Waals surface area contributed by atoms with Crippen LogP contribution in [-0.2, 0) is 0 Å². The van der Waals surface area contributed by atoms with Crippen molar-refractivity contribution in [2.24, 2.45) is 5.73 Å². The van der Waals surface area contributed by atoms with Gasteiger partial charge in [-0.1, -0.05) is 19.8 Å². The van der Waals surface area contributed by atoms with Crippen LogP contribution in [0.15, 0.2) is 0 Å². The van der Waals surface area contributed by atoms with Crippen LogP contribution in [0, 0.1) is 0 Å². The van der Waals surface area contributed by atoms with Gasteiger partial charge in [-0.15, -0.1) is 0 Å². The molecule has 0 aromatic carbocycles. The lowest BCUT2D eigenvalue weighted by Gasteiger charge is -2.40. The van der Waals surface area contributed by atoms with Crippen LogP contribution in [0.4, 0.5) is 0 Å². The van der Waals surface area contributed by atoms with Crippen molar-refractivity contribution >= 4 is 0 Å². The van der Waals surface area contributed by atoms with Crippen molar-refractivity contribution in [1.29, 1.82) is 0 Å². The highest BCUT2D eigenvalue weighted by molar-refractivity contribution is 4.83. The Balaban J connectivity index is 2.43. The minimum Gasteiger partial charge on any atom is -0.329 e. The summed E-state index contributed by atoms with van der Waals surface area (Å²) in [4.78, 5) is 4.98. The topological polar surface area (TPSA) is 32.5 Å². The monoisotopic (exact) mass is 227 g/mol. The van der Waals surface area contributed by atoms with E-state index < -0.39 is 0 Å². The number of likely N-dealkylation sites (N-methyl/N-ethyl adjacent to an activating group) is 1. The third kappa shape index (κ3) is 4.04. The van der Waals surface area contributed by atoms with Crippen molar-refractivity contribution in [3.05, 3.63) is 0 Å². The Bertz CT molecular complexity index is 182. The minimum absolute atomic E-state index is 0.614. The Labute approximate surface area is 101 Å². The first kappa shape index (κ1) is 13.9. The fraction of sp³-hybridized carbons (Fsp3) is 1.00. The van der Waals surface area contributed by atoms with Gasteiger partial charge >= 0.3 is 0 Å². The highest BCUT2D eigenvalue weighted by Crippen LogP contribution is 2.18. The SMILES string of the molecule is CCCCC(CN)N1CCCC(N(C)C)C1. The van der Waals surface area contributed by atoms with Crippen LogP contribution in [0.2, 0.25) is 0 Å². The summed E-state index contributed by atoms with van der Waals surface area (Å²) in [6.45, 7) is 5.53. The molecule has 0 saturated carbocycles. The summed E-state index contributed by atoms with van der Waals surface area (Å²) in [6, 6.07) is 1.34. The molecule has 0 amide bonds. The molecule has 2 atom stereocenters. The van der Waals surface area contributed by atoms with Gasteiger partial charge in [-0.25, -0.2) is 0 Å². The molecule has 0 spiro atoms. The molecule has 1 saturated heterocycles. The first-order valence-corrected chi connectivity index (χ1v) is 6.79. The molecule has 96 valence electrons. The molecular formula is C13H29N3. The van der Waals surface area contributed by atoms with Crippen LogP contribution in [-0.4, -0.2) is 55.6 Å². The van der Waals surface area contributed by atoms with Gasteiger partial charge in [-0.2, -0.15) is 0 Å². The predicted molar refractivity (Wildman–Crippen MR) is 70.6 cm³/mol. The number of hydrogen-bond acceptors (Lipinski definition) is 3. The number of nitrogens with zero attached hydrogens (tertiary/aromatic N) is 2. The van der Waals surface area contributed by atoms with E-state index in [0.29, 0.717) is 6.04 Å². The summed E-state index contributed by atoms with van der Waals surface area (Å²) in [5.41, 5.74) is 5.91. The molecule has 0 aliphatic carbocycles. The number of nitrogens with two attached hydrogens (primary N) is 1. The van der Waals surface area contributed by atoms with Crippen molar-refractivity contribution in [2.75, 3.05) is 33.7 Å². The fourth-order valence-corrected chi connectivity index (χ4v) is 2.63. The van der Waals surface area contributed by atoms with E-state index in [9.17, 15) is 0 Å². The minimum atomic E-state index is 0.614. The van der Waals surface area contributed by atoms with E-state index in [1.165, 1.54) is 45.2 Å². The zero-order valence-electron chi connectivity index (χ0n) is 11.3. The summed E-state index contributed by atoms with van der Waals surface area (Å²) in [6.07, 6.45) is 6.53. The van der Waals surface area contributed by atoms with Gasteiger partial charge in [0.1, 0.15) is 0 Å². The fourth-order valence-electron chi connectivity index (χ4n) is 2.63. The number of rotatable bonds is 6. The van der Waals surface area contributed by atoms with Gasteiger partial charge < -0.3 is 10.6 Å². The molecule has 2 N–H and O–H groups in total. The van der Waals surface area contributed by atoms with Crippen LogP contribution >= 0.6 is 0 Å². The summed E-state index contributed by atoms with van der Waals surface area (Å²) >= 11 is 0. The molecular weight excluding hydrogens is 198 g/mol. The number of piperidine rings is 1. The molecule has 0 aromatic rings. The lowest BCUT2D eigenvalue weighted by molar-refractivity contribution is 0.0938. The molecule has 1 aliphatic heterocycles. The molecule has 3 heteroatoms. The third-order valence-corrected chi connectivity index (χ3v) is 3.84. The van der Waals surface area contributed by atoms with E-state index in [4.69, 9.17) is 5.73 Å². The molecule has 16 heavy (non-hydrogen) atoms. The maximum Gasteiger partial charge on any atom is 0.0219 e. The van der Waals surface area contributed by atoms with Crippen molar-refractivity contribution in [3.63, 3.8) is 0 Å². The standard InChI is InChI=1S/C13H29N3/c1-4-5-7-12(10-14)16-9-6-8-13(11-16)15(2)3/h12-13H,4-11,14H2,1-3H3. The average molecular weight is 227 g/mol. The molecule has 2 unspecified atom stereocenters. The van der Waals surface area contributed by atoms with Gasteiger partial charge in [0.25, 0.3) is 0 Å². The second-order valence-electron chi connectivity index (χ2n) is 5.29. The van der Waals surface area contributed by atoms with E-state index in [1.807, 2.05) is 0 Å². The molecule has 0 radical (unpaired) electrons. The quantitative estimate of drug-likeness (QED) is 0.747. The lowest BCUT2D eigenvalue weighted by Crippen LogP contribution is -2.51. The number of likely N-dealkylation sites (tertiary alicyclic amines) is 1. The maximum atomic E-state index is 5.91. The van der Waals surface area contributed by atoms with Crippen LogP contribution in [0.3, 0.4) is 0 Å². The van der Waals surface area contributed by atoms with E-state index in [1.54, 1.807) is 0 Å². The zero-order chi connectivity index (χ0) is 12.0. The Kier molecular flexibility index (Phi) is 6.32. The van der Waals surface area contributed by atoms with Gasteiger partial charge in [0.2, 0.25) is 0 Å².